The Morgan fingerprint density at radius 2 is 2.00 bits per heavy atom. The van der Waals surface area contributed by atoms with Crippen molar-refractivity contribution >= 4 is 22.0 Å². The van der Waals surface area contributed by atoms with Gasteiger partial charge in [0.2, 0.25) is 0 Å². The van der Waals surface area contributed by atoms with Crippen LogP contribution in [0.2, 0.25) is 0 Å². The lowest BCUT2D eigenvalue weighted by Gasteiger charge is -2.23. The summed E-state index contributed by atoms with van der Waals surface area (Å²) in [4.78, 5) is 11.7. The molecule has 0 saturated carbocycles. The smallest absolute Gasteiger partial charge is 0.408 e. The summed E-state index contributed by atoms with van der Waals surface area (Å²) in [6.07, 6.45) is -0.560. The molecule has 20 heavy (non-hydrogen) atoms. The molecule has 112 valence electrons. The molecule has 0 radical (unpaired) electrons. The second-order valence-corrected chi connectivity index (χ2v) is 6.21. The predicted molar refractivity (Wildman–Crippen MR) is 78.4 cm³/mol. The van der Waals surface area contributed by atoms with E-state index in [0.717, 1.165) is 0 Å². The molecular weight excluding hydrogens is 329 g/mol. The van der Waals surface area contributed by atoms with E-state index in [2.05, 4.69) is 21.2 Å². The molecule has 0 heterocycles. The molecule has 1 amide bonds. The number of carbonyl (C=O) groups is 1. The standard InChI is InChI=1S/C14H19BrFNO3/c1-8(17-13(18)20-14(2,3)4)9-6-7-10(15)11(16)12(9)19-5/h6-8H,1-5H3,(H,17,18)/t8-/m0/s1. The van der Waals surface area contributed by atoms with Gasteiger partial charge in [0.25, 0.3) is 0 Å². The number of hydrogen-bond donors (Lipinski definition) is 1. The normalized spacial score (nSPS) is 12.8. The summed E-state index contributed by atoms with van der Waals surface area (Å²) >= 11 is 3.09. The van der Waals surface area contributed by atoms with Gasteiger partial charge in [-0.3, -0.25) is 0 Å². The van der Waals surface area contributed by atoms with Crippen molar-refractivity contribution < 1.29 is 18.7 Å². The molecule has 0 unspecified atom stereocenters. The summed E-state index contributed by atoms with van der Waals surface area (Å²) in [7, 11) is 1.38. The molecule has 1 rings (SSSR count). The minimum atomic E-state index is -0.584. The van der Waals surface area contributed by atoms with E-state index in [1.165, 1.54) is 7.11 Å². The van der Waals surface area contributed by atoms with Gasteiger partial charge in [-0.05, 0) is 49.7 Å². The highest BCUT2D eigenvalue weighted by Crippen LogP contribution is 2.32. The van der Waals surface area contributed by atoms with Crippen LogP contribution in [0, 0.1) is 5.82 Å². The van der Waals surface area contributed by atoms with E-state index in [1.54, 1.807) is 39.8 Å². The quantitative estimate of drug-likeness (QED) is 0.891. The van der Waals surface area contributed by atoms with Crippen molar-refractivity contribution in [1.29, 1.82) is 0 Å². The van der Waals surface area contributed by atoms with Crippen molar-refractivity contribution in [3.63, 3.8) is 0 Å². The summed E-state index contributed by atoms with van der Waals surface area (Å²) in [5.41, 5.74) is -0.0437. The summed E-state index contributed by atoms with van der Waals surface area (Å²) in [6.45, 7) is 7.06. The summed E-state index contributed by atoms with van der Waals surface area (Å²) in [5.74, 6) is -0.397. The van der Waals surface area contributed by atoms with Crippen LogP contribution in [0.4, 0.5) is 9.18 Å². The van der Waals surface area contributed by atoms with E-state index >= 15 is 0 Å². The molecule has 0 spiro atoms. The van der Waals surface area contributed by atoms with Crippen LogP contribution in [-0.4, -0.2) is 18.8 Å². The Balaban J connectivity index is 2.90. The van der Waals surface area contributed by atoms with Gasteiger partial charge in [0.15, 0.2) is 11.6 Å². The van der Waals surface area contributed by atoms with Crippen molar-refractivity contribution in [3.8, 4) is 5.75 Å². The Kier molecular flexibility index (Phi) is 5.39. The third-order valence-electron chi connectivity index (χ3n) is 2.48. The molecule has 0 fully saturated rings. The van der Waals surface area contributed by atoms with E-state index < -0.39 is 23.6 Å². The molecule has 0 aromatic heterocycles. The Bertz CT molecular complexity index is 500. The van der Waals surface area contributed by atoms with Crippen molar-refractivity contribution in [2.45, 2.75) is 39.3 Å². The maximum absolute atomic E-state index is 13.9. The predicted octanol–water partition coefficient (Wildman–Crippen LogP) is 4.18. The van der Waals surface area contributed by atoms with Gasteiger partial charge in [-0.2, -0.15) is 0 Å². The second kappa shape index (κ2) is 6.43. The maximum Gasteiger partial charge on any atom is 0.408 e. The topological polar surface area (TPSA) is 47.6 Å². The molecule has 1 N–H and O–H groups in total. The lowest BCUT2D eigenvalue weighted by molar-refractivity contribution is 0.0507. The minimum absolute atomic E-state index is 0.0999. The molecule has 1 atom stereocenters. The van der Waals surface area contributed by atoms with Crippen molar-refractivity contribution in [2.75, 3.05) is 7.11 Å². The number of amides is 1. The Hall–Kier alpha value is -1.30. The van der Waals surface area contributed by atoms with Gasteiger partial charge >= 0.3 is 6.09 Å². The molecule has 6 heteroatoms. The monoisotopic (exact) mass is 347 g/mol. The Labute approximate surface area is 126 Å². The van der Waals surface area contributed by atoms with Crippen LogP contribution in [0.3, 0.4) is 0 Å². The highest BCUT2D eigenvalue weighted by molar-refractivity contribution is 9.10. The molecule has 4 nitrogen and oxygen atoms in total. The van der Waals surface area contributed by atoms with Crippen LogP contribution in [0.1, 0.15) is 39.3 Å². The molecule has 0 aliphatic rings. The van der Waals surface area contributed by atoms with Gasteiger partial charge in [-0.1, -0.05) is 6.07 Å². The molecule has 0 saturated heterocycles. The minimum Gasteiger partial charge on any atom is -0.493 e. The van der Waals surface area contributed by atoms with Gasteiger partial charge in [-0.15, -0.1) is 0 Å². The number of alkyl carbamates (subject to hydrolysis) is 1. The largest absolute Gasteiger partial charge is 0.493 e. The van der Waals surface area contributed by atoms with Crippen LogP contribution < -0.4 is 10.1 Å². The van der Waals surface area contributed by atoms with Gasteiger partial charge < -0.3 is 14.8 Å². The third kappa shape index (κ3) is 4.37. The van der Waals surface area contributed by atoms with Gasteiger partial charge in [0.05, 0.1) is 17.6 Å². The van der Waals surface area contributed by atoms with Crippen LogP contribution in [0.5, 0.6) is 5.75 Å². The zero-order valence-electron chi connectivity index (χ0n) is 12.2. The number of hydrogen-bond acceptors (Lipinski definition) is 3. The number of rotatable bonds is 3. The van der Waals surface area contributed by atoms with Crippen molar-refractivity contribution in [3.05, 3.63) is 28.0 Å². The van der Waals surface area contributed by atoms with Crippen LogP contribution in [-0.2, 0) is 4.74 Å². The highest BCUT2D eigenvalue weighted by Gasteiger charge is 2.22. The lowest BCUT2D eigenvalue weighted by Crippen LogP contribution is -2.34. The Morgan fingerprint density at radius 3 is 2.50 bits per heavy atom. The first-order chi connectivity index (χ1) is 9.15. The zero-order valence-corrected chi connectivity index (χ0v) is 13.8. The van der Waals surface area contributed by atoms with Crippen LogP contribution >= 0.6 is 15.9 Å². The second-order valence-electron chi connectivity index (χ2n) is 5.35. The first-order valence-electron chi connectivity index (χ1n) is 6.17. The van der Waals surface area contributed by atoms with Crippen molar-refractivity contribution in [2.24, 2.45) is 0 Å². The number of benzene rings is 1. The molecule has 1 aromatic carbocycles. The number of halogens is 2. The number of carbonyl (C=O) groups excluding carboxylic acids is 1. The van der Waals surface area contributed by atoms with E-state index in [1.807, 2.05) is 0 Å². The molecule has 0 aliphatic heterocycles. The fraction of sp³-hybridized carbons (Fsp3) is 0.500. The fourth-order valence-electron chi connectivity index (χ4n) is 1.66. The van der Waals surface area contributed by atoms with E-state index in [-0.39, 0.29) is 5.75 Å². The lowest BCUT2D eigenvalue weighted by atomic mass is 10.1. The number of methoxy groups -OCH3 is 1. The SMILES string of the molecule is COc1c([C@H](C)NC(=O)OC(C)(C)C)ccc(Br)c1F. The molecule has 0 bridgehead atoms. The van der Waals surface area contributed by atoms with E-state index in [0.29, 0.717) is 10.0 Å². The number of ether oxygens (including phenoxy) is 2. The van der Waals surface area contributed by atoms with E-state index in [4.69, 9.17) is 9.47 Å². The van der Waals surface area contributed by atoms with Crippen molar-refractivity contribution in [1.82, 2.24) is 5.32 Å². The molecule has 1 aromatic rings. The van der Waals surface area contributed by atoms with Gasteiger partial charge in [-0.25, -0.2) is 9.18 Å². The first-order valence-corrected chi connectivity index (χ1v) is 6.96. The van der Waals surface area contributed by atoms with Crippen LogP contribution in [0.25, 0.3) is 0 Å². The summed E-state index contributed by atoms with van der Waals surface area (Å²) < 4.78 is 24.5. The van der Waals surface area contributed by atoms with Gasteiger partial charge in [0, 0.05) is 5.56 Å². The average molecular weight is 348 g/mol. The number of nitrogens with one attached hydrogen (secondary N) is 1. The third-order valence-corrected chi connectivity index (χ3v) is 3.10. The Morgan fingerprint density at radius 1 is 1.40 bits per heavy atom. The molecular formula is C14H19BrFNO3. The van der Waals surface area contributed by atoms with E-state index in [9.17, 15) is 9.18 Å². The first kappa shape index (κ1) is 16.8. The molecule has 0 aliphatic carbocycles. The average Bonchev–Trinajstić information content (AvgIpc) is 2.29. The highest BCUT2D eigenvalue weighted by atomic mass is 79.9. The zero-order chi connectivity index (χ0) is 15.5. The fourth-order valence-corrected chi connectivity index (χ4v) is 1.97. The van der Waals surface area contributed by atoms with Crippen LogP contribution in [0.15, 0.2) is 16.6 Å². The van der Waals surface area contributed by atoms with Gasteiger partial charge in [0.1, 0.15) is 5.60 Å². The summed E-state index contributed by atoms with van der Waals surface area (Å²) in [6, 6.07) is 2.82. The maximum atomic E-state index is 13.9. The summed E-state index contributed by atoms with van der Waals surface area (Å²) in [5, 5.41) is 2.65.